The summed E-state index contributed by atoms with van der Waals surface area (Å²) in [6, 6.07) is 2.85. The van der Waals surface area contributed by atoms with Gasteiger partial charge in [0, 0.05) is 44.1 Å². The van der Waals surface area contributed by atoms with Crippen molar-refractivity contribution in [3.8, 4) is 0 Å². The summed E-state index contributed by atoms with van der Waals surface area (Å²) < 4.78 is 6.43. The van der Waals surface area contributed by atoms with Gasteiger partial charge in [0.2, 0.25) is 5.91 Å². The van der Waals surface area contributed by atoms with Crippen LogP contribution in [0.1, 0.15) is 70.0 Å². The number of hydrogen-bond donors (Lipinski definition) is 3. The third-order valence-corrected chi connectivity index (χ3v) is 8.45. The topological polar surface area (TPSA) is 91.4 Å². The molecule has 4 atom stereocenters. The summed E-state index contributed by atoms with van der Waals surface area (Å²) in [5.74, 6) is 1.71. The van der Waals surface area contributed by atoms with Crippen LogP contribution in [0.15, 0.2) is 12.4 Å². The summed E-state index contributed by atoms with van der Waals surface area (Å²) in [6.45, 7) is 4.97. The van der Waals surface area contributed by atoms with Gasteiger partial charge in [0.1, 0.15) is 12.1 Å². The van der Waals surface area contributed by atoms with E-state index in [1.165, 1.54) is 12.8 Å². The highest BCUT2D eigenvalue weighted by Crippen LogP contribution is 2.45. The second-order valence-corrected chi connectivity index (χ2v) is 10.8. The van der Waals surface area contributed by atoms with E-state index in [0.717, 1.165) is 63.3 Å². The summed E-state index contributed by atoms with van der Waals surface area (Å²) >= 11 is 0. The van der Waals surface area contributed by atoms with E-state index in [2.05, 4.69) is 44.0 Å². The number of nitrogens with zero attached hydrogens (tertiary/aromatic N) is 3. The number of anilines is 1. The van der Waals surface area contributed by atoms with Gasteiger partial charge in [0.05, 0.1) is 23.4 Å². The van der Waals surface area contributed by atoms with Crippen LogP contribution in [-0.4, -0.2) is 53.3 Å². The molecule has 3 saturated heterocycles. The molecule has 3 N–H and O–H groups in total. The van der Waals surface area contributed by atoms with Crippen LogP contribution in [0.4, 0.5) is 5.82 Å². The summed E-state index contributed by atoms with van der Waals surface area (Å²) in [7, 11) is 0. The lowest BCUT2D eigenvalue weighted by Gasteiger charge is -2.39. The van der Waals surface area contributed by atoms with Crippen molar-refractivity contribution in [2.24, 2.45) is 11.3 Å². The molecular weight excluding hydrogens is 392 g/mol. The zero-order valence-electron chi connectivity index (χ0n) is 18.4. The van der Waals surface area contributed by atoms with E-state index in [1.54, 1.807) is 6.33 Å². The molecule has 6 rings (SSSR count). The normalized spacial score (nSPS) is 35.8. The molecule has 0 radical (unpaired) electrons. The minimum atomic E-state index is 0.139. The number of hydrazine groups is 1. The Labute approximate surface area is 183 Å². The average Bonchev–Trinajstić information content (AvgIpc) is 3.18. The first-order chi connectivity index (χ1) is 15.0. The Morgan fingerprint density at radius 1 is 1.13 bits per heavy atom. The van der Waals surface area contributed by atoms with Crippen molar-refractivity contribution in [1.82, 2.24) is 26.1 Å². The highest BCUT2D eigenvalue weighted by atomic mass is 16.5. The lowest BCUT2D eigenvalue weighted by atomic mass is 9.77. The van der Waals surface area contributed by atoms with Crippen LogP contribution in [-0.2, 0) is 9.53 Å². The van der Waals surface area contributed by atoms with Gasteiger partial charge in [0.15, 0.2) is 0 Å². The molecule has 4 heterocycles. The molecule has 8 heteroatoms. The third-order valence-electron chi connectivity index (χ3n) is 8.45. The van der Waals surface area contributed by atoms with E-state index >= 15 is 0 Å². The molecule has 1 amide bonds. The molecule has 8 nitrogen and oxygen atoms in total. The number of nitrogens with one attached hydrogen (secondary N) is 3. The highest BCUT2D eigenvalue weighted by molar-refractivity contribution is 5.79. The van der Waals surface area contributed by atoms with Gasteiger partial charge in [-0.3, -0.25) is 10.2 Å². The van der Waals surface area contributed by atoms with Crippen LogP contribution >= 0.6 is 0 Å². The number of piperidine rings is 1. The third kappa shape index (κ3) is 3.83. The fourth-order valence-corrected chi connectivity index (χ4v) is 6.13. The van der Waals surface area contributed by atoms with E-state index in [1.807, 2.05) is 0 Å². The Bertz CT molecular complexity index is 850. The minimum absolute atomic E-state index is 0.139. The van der Waals surface area contributed by atoms with Crippen LogP contribution in [0, 0.1) is 11.3 Å². The van der Waals surface area contributed by atoms with Crippen molar-refractivity contribution < 1.29 is 9.53 Å². The van der Waals surface area contributed by atoms with Crippen molar-refractivity contribution in [3.63, 3.8) is 0 Å². The Kier molecular flexibility index (Phi) is 4.74. The molecular formula is C23H34N6O2. The summed E-state index contributed by atoms with van der Waals surface area (Å²) in [5, 5.41) is 3.02. The van der Waals surface area contributed by atoms with Crippen molar-refractivity contribution >= 4 is 11.7 Å². The Balaban J connectivity index is 1.14. The molecule has 2 saturated carbocycles. The molecule has 0 aromatic carbocycles. The summed E-state index contributed by atoms with van der Waals surface area (Å²) in [6.07, 6.45) is 10.6. The molecule has 2 aliphatic carbocycles. The first-order valence-electron chi connectivity index (χ1n) is 12.0. The Morgan fingerprint density at radius 2 is 1.97 bits per heavy atom. The van der Waals surface area contributed by atoms with Gasteiger partial charge in [-0.1, -0.05) is 0 Å². The Hall–Kier alpha value is -1.77. The first kappa shape index (κ1) is 19.9. The second kappa shape index (κ2) is 7.39. The van der Waals surface area contributed by atoms with Gasteiger partial charge >= 0.3 is 0 Å². The summed E-state index contributed by atoms with van der Waals surface area (Å²) in [4.78, 5) is 23.3. The Morgan fingerprint density at radius 3 is 2.71 bits per heavy atom. The SMILES string of the molecule is CC1(OC2CCC3NNC(c4cc(N5CCC6(CC5)CNC(=O)C6)ncn4)C3C2)CC1. The van der Waals surface area contributed by atoms with E-state index in [0.29, 0.717) is 24.5 Å². The molecule has 31 heavy (non-hydrogen) atoms. The number of fused-ring (bicyclic) bond motifs is 1. The van der Waals surface area contributed by atoms with E-state index in [9.17, 15) is 4.79 Å². The molecule has 1 spiro atoms. The maximum atomic E-state index is 11.7. The first-order valence-corrected chi connectivity index (χ1v) is 12.0. The second-order valence-electron chi connectivity index (χ2n) is 10.8. The molecule has 0 bridgehead atoms. The number of aromatic nitrogens is 2. The van der Waals surface area contributed by atoms with Gasteiger partial charge in [-0.25, -0.2) is 15.4 Å². The standard InChI is InChI=1S/C23H34N6O2/c1-22(4-5-22)31-15-2-3-17-16(10-15)21(28-27-17)18-11-19(26-14-25-18)29-8-6-23(7-9-29)12-20(30)24-13-23/h11,14-17,21,27-28H,2-10,12-13H2,1H3,(H,24,30). The molecule has 5 aliphatic rings. The average molecular weight is 427 g/mol. The van der Waals surface area contributed by atoms with E-state index in [4.69, 9.17) is 4.74 Å². The molecule has 5 fully saturated rings. The smallest absolute Gasteiger partial charge is 0.220 e. The molecule has 4 unspecified atom stereocenters. The highest BCUT2D eigenvalue weighted by Gasteiger charge is 2.46. The van der Waals surface area contributed by atoms with Crippen molar-refractivity contribution in [3.05, 3.63) is 18.1 Å². The number of ether oxygens (including phenoxy) is 1. The maximum Gasteiger partial charge on any atom is 0.220 e. The fourth-order valence-electron chi connectivity index (χ4n) is 6.13. The van der Waals surface area contributed by atoms with Crippen molar-refractivity contribution in [1.29, 1.82) is 0 Å². The van der Waals surface area contributed by atoms with Crippen LogP contribution < -0.4 is 21.1 Å². The maximum absolute atomic E-state index is 11.7. The van der Waals surface area contributed by atoms with Crippen molar-refractivity contribution in [2.75, 3.05) is 24.5 Å². The monoisotopic (exact) mass is 426 g/mol. The van der Waals surface area contributed by atoms with Gasteiger partial charge in [-0.2, -0.15) is 0 Å². The molecule has 1 aromatic heterocycles. The largest absolute Gasteiger partial charge is 0.372 e. The van der Waals surface area contributed by atoms with Crippen LogP contribution in [0.25, 0.3) is 0 Å². The fraction of sp³-hybridized carbons (Fsp3) is 0.783. The number of carbonyl (C=O) groups excluding carboxylic acids is 1. The number of rotatable bonds is 4. The van der Waals surface area contributed by atoms with Crippen molar-refractivity contribution in [2.45, 2.75) is 82.1 Å². The number of hydrogen-bond acceptors (Lipinski definition) is 7. The van der Waals surface area contributed by atoms with Gasteiger partial charge in [-0.15, -0.1) is 0 Å². The van der Waals surface area contributed by atoms with Crippen LogP contribution in [0.3, 0.4) is 0 Å². The minimum Gasteiger partial charge on any atom is -0.372 e. The van der Waals surface area contributed by atoms with Gasteiger partial charge in [0.25, 0.3) is 0 Å². The van der Waals surface area contributed by atoms with E-state index < -0.39 is 0 Å². The zero-order chi connectivity index (χ0) is 21.1. The zero-order valence-corrected chi connectivity index (χ0v) is 18.4. The lowest BCUT2D eigenvalue weighted by Crippen LogP contribution is -2.41. The quantitative estimate of drug-likeness (QED) is 0.677. The predicted molar refractivity (Wildman–Crippen MR) is 116 cm³/mol. The molecule has 1 aromatic rings. The van der Waals surface area contributed by atoms with Crippen LogP contribution in [0.5, 0.6) is 0 Å². The van der Waals surface area contributed by atoms with Gasteiger partial charge in [-0.05, 0) is 57.3 Å². The predicted octanol–water partition coefficient (Wildman–Crippen LogP) is 1.84. The van der Waals surface area contributed by atoms with Gasteiger partial charge < -0.3 is 15.0 Å². The number of carbonyl (C=O) groups is 1. The lowest BCUT2D eigenvalue weighted by molar-refractivity contribution is -0.119. The van der Waals surface area contributed by atoms with Crippen LogP contribution in [0.2, 0.25) is 0 Å². The molecule has 3 aliphatic heterocycles. The van der Waals surface area contributed by atoms with E-state index in [-0.39, 0.29) is 23.0 Å². The number of amides is 1. The molecule has 168 valence electrons. The summed E-state index contributed by atoms with van der Waals surface area (Å²) in [5.41, 5.74) is 8.42.